The number of ether oxygens (including phenoxy) is 5. The molecule has 0 aromatic carbocycles. The summed E-state index contributed by atoms with van der Waals surface area (Å²) in [5.74, 6) is 0. The lowest BCUT2D eigenvalue weighted by molar-refractivity contribution is -0.120. The molecule has 0 amide bonds. The first kappa shape index (κ1) is 27.6. The van der Waals surface area contributed by atoms with Gasteiger partial charge >= 0.3 is 0 Å². The molecular weight excluding hydrogens is 384 g/mol. The Morgan fingerprint density at radius 2 is 1.07 bits per heavy atom. The van der Waals surface area contributed by atoms with Crippen molar-refractivity contribution >= 4 is 17.2 Å². The van der Waals surface area contributed by atoms with Crippen LogP contribution in [-0.4, -0.2) is 82.9 Å². The Hall–Kier alpha value is 0.620. The molecular formula is C19H43NO5P2. The van der Waals surface area contributed by atoms with E-state index >= 15 is 0 Å². The fourth-order valence-corrected chi connectivity index (χ4v) is 4.99. The minimum absolute atomic E-state index is 0.0581. The molecule has 0 aliphatic rings. The Morgan fingerprint density at radius 3 is 1.41 bits per heavy atom. The molecule has 0 saturated heterocycles. The molecule has 0 aliphatic heterocycles. The maximum atomic E-state index is 5.95. The highest BCUT2D eigenvalue weighted by Gasteiger charge is 2.13. The molecule has 0 aromatic rings. The highest BCUT2D eigenvalue weighted by molar-refractivity contribution is 7.38. The van der Waals surface area contributed by atoms with Crippen molar-refractivity contribution in [3.63, 3.8) is 0 Å². The van der Waals surface area contributed by atoms with Crippen LogP contribution in [0.1, 0.15) is 40.5 Å². The number of hydrogen-bond donors (Lipinski definition) is 1. The van der Waals surface area contributed by atoms with Crippen molar-refractivity contribution in [1.29, 1.82) is 0 Å². The summed E-state index contributed by atoms with van der Waals surface area (Å²) in [6, 6.07) is 0. The van der Waals surface area contributed by atoms with Crippen LogP contribution in [0.3, 0.4) is 0 Å². The van der Waals surface area contributed by atoms with Gasteiger partial charge in [0.2, 0.25) is 0 Å². The van der Waals surface area contributed by atoms with E-state index < -0.39 is 0 Å². The lowest BCUT2D eigenvalue weighted by atomic mass is 10.2. The van der Waals surface area contributed by atoms with E-state index in [0.717, 1.165) is 54.7 Å². The average molecular weight is 428 g/mol. The Bertz CT molecular complexity index is 267. The third-order valence-electron chi connectivity index (χ3n) is 3.79. The predicted molar refractivity (Wildman–Crippen MR) is 118 cm³/mol. The van der Waals surface area contributed by atoms with Crippen LogP contribution >= 0.6 is 17.2 Å². The Labute approximate surface area is 170 Å². The van der Waals surface area contributed by atoms with Crippen LogP contribution in [0.4, 0.5) is 0 Å². The molecule has 0 rings (SSSR count). The summed E-state index contributed by atoms with van der Waals surface area (Å²) in [7, 11) is 1.66. The van der Waals surface area contributed by atoms with Gasteiger partial charge in [-0.1, -0.05) is 0 Å². The lowest BCUT2D eigenvalue weighted by Crippen LogP contribution is -2.22. The van der Waals surface area contributed by atoms with Gasteiger partial charge in [-0.25, -0.2) is 0 Å². The number of hydrogen-bond acceptors (Lipinski definition) is 6. The van der Waals surface area contributed by atoms with Crippen molar-refractivity contribution in [3.8, 4) is 0 Å². The average Bonchev–Trinajstić information content (AvgIpc) is 2.66. The fourth-order valence-electron chi connectivity index (χ4n) is 2.59. The zero-order chi connectivity index (χ0) is 20.2. The molecule has 2 atom stereocenters. The number of rotatable bonds is 21. The summed E-state index contributed by atoms with van der Waals surface area (Å²) in [5, 5.41) is 0. The second-order valence-electron chi connectivity index (χ2n) is 5.95. The van der Waals surface area contributed by atoms with E-state index in [-0.39, 0.29) is 12.6 Å². The van der Waals surface area contributed by atoms with E-state index in [0.29, 0.717) is 45.7 Å². The molecule has 0 aliphatic carbocycles. The summed E-state index contributed by atoms with van der Waals surface area (Å²) >= 11 is 0. The van der Waals surface area contributed by atoms with Crippen LogP contribution in [0.2, 0.25) is 0 Å². The molecule has 0 heterocycles. The topological polar surface area (TPSA) is 72.2 Å². The standard InChI is InChI=1S/C19H43NO5P2/c1-5-21-18(22-6-2)15-26-13-9-17(25-12-11-20)10-14-27-16-19(23-7-3)24-8-4/h17-19,26-27H,5-16,20H2,1-4H3. The first-order chi connectivity index (χ1) is 13.2. The SMILES string of the molecule is CCOC(CPCCC(CCPCC(OCC)OCC)OCCN)OCC. The Balaban J connectivity index is 4.04. The first-order valence-electron chi connectivity index (χ1n) is 10.4. The Kier molecular flexibility index (Phi) is 21.8. The first-order valence-corrected chi connectivity index (χ1v) is 13.2. The Morgan fingerprint density at radius 1 is 0.667 bits per heavy atom. The van der Waals surface area contributed by atoms with Gasteiger partial charge < -0.3 is 29.4 Å². The van der Waals surface area contributed by atoms with Gasteiger partial charge in [-0.2, -0.15) is 0 Å². The van der Waals surface area contributed by atoms with Gasteiger partial charge in [-0.05, 0) is 52.9 Å². The van der Waals surface area contributed by atoms with Crippen molar-refractivity contribution in [2.45, 2.75) is 59.2 Å². The van der Waals surface area contributed by atoms with Gasteiger partial charge in [-0.3, -0.25) is 0 Å². The quantitative estimate of drug-likeness (QED) is 0.172. The van der Waals surface area contributed by atoms with Crippen molar-refractivity contribution in [1.82, 2.24) is 0 Å². The van der Waals surface area contributed by atoms with Crippen LogP contribution in [0, 0.1) is 0 Å². The minimum Gasteiger partial charge on any atom is -0.377 e. The number of nitrogens with two attached hydrogens (primary N) is 1. The van der Waals surface area contributed by atoms with Crippen LogP contribution in [0.25, 0.3) is 0 Å². The zero-order valence-corrected chi connectivity index (χ0v) is 19.8. The largest absolute Gasteiger partial charge is 0.377 e. The van der Waals surface area contributed by atoms with Gasteiger partial charge in [0.05, 0.1) is 12.7 Å². The minimum atomic E-state index is -0.0581. The summed E-state index contributed by atoms with van der Waals surface area (Å²) in [6.07, 6.45) is 6.57. The van der Waals surface area contributed by atoms with E-state index in [1.165, 1.54) is 0 Å². The molecule has 0 bridgehead atoms. The molecule has 0 saturated carbocycles. The van der Waals surface area contributed by atoms with Crippen LogP contribution in [-0.2, 0) is 23.7 Å². The van der Waals surface area contributed by atoms with Gasteiger partial charge in [0.1, 0.15) is 0 Å². The lowest BCUT2D eigenvalue weighted by Gasteiger charge is -2.20. The molecule has 8 heteroatoms. The molecule has 27 heavy (non-hydrogen) atoms. The van der Waals surface area contributed by atoms with Crippen molar-refractivity contribution in [2.24, 2.45) is 5.73 Å². The van der Waals surface area contributed by atoms with Crippen molar-refractivity contribution in [2.75, 3.05) is 64.2 Å². The highest BCUT2D eigenvalue weighted by atomic mass is 31.1. The third kappa shape index (κ3) is 17.2. The zero-order valence-electron chi connectivity index (χ0n) is 17.8. The molecule has 0 radical (unpaired) electrons. The van der Waals surface area contributed by atoms with Crippen molar-refractivity contribution in [3.05, 3.63) is 0 Å². The summed E-state index contributed by atoms with van der Waals surface area (Å²) in [6.45, 7) is 12.0. The van der Waals surface area contributed by atoms with Gasteiger partial charge in [0.15, 0.2) is 12.6 Å². The smallest absolute Gasteiger partial charge is 0.161 e. The van der Waals surface area contributed by atoms with Crippen LogP contribution in [0.15, 0.2) is 0 Å². The van der Waals surface area contributed by atoms with Crippen LogP contribution in [0.5, 0.6) is 0 Å². The maximum absolute atomic E-state index is 5.95. The maximum Gasteiger partial charge on any atom is 0.161 e. The second kappa shape index (κ2) is 21.3. The third-order valence-corrected chi connectivity index (χ3v) is 6.32. The van der Waals surface area contributed by atoms with E-state index in [9.17, 15) is 0 Å². The van der Waals surface area contributed by atoms with Crippen molar-refractivity contribution < 1.29 is 23.7 Å². The molecule has 2 N–H and O–H groups in total. The second-order valence-corrected chi connectivity index (χ2v) is 8.76. The summed E-state index contributed by atoms with van der Waals surface area (Å²) in [4.78, 5) is 0. The normalized spacial score (nSPS) is 13.9. The summed E-state index contributed by atoms with van der Waals surface area (Å²) in [5.41, 5.74) is 5.61. The van der Waals surface area contributed by atoms with Gasteiger partial charge in [0, 0.05) is 45.3 Å². The predicted octanol–water partition coefficient (Wildman–Crippen LogP) is 3.27. The molecule has 6 nitrogen and oxygen atoms in total. The van der Waals surface area contributed by atoms with Gasteiger partial charge in [0.25, 0.3) is 0 Å². The van der Waals surface area contributed by atoms with E-state index in [1.807, 2.05) is 27.7 Å². The van der Waals surface area contributed by atoms with Gasteiger partial charge in [-0.15, -0.1) is 17.2 Å². The monoisotopic (exact) mass is 427 g/mol. The molecule has 164 valence electrons. The van der Waals surface area contributed by atoms with E-state index in [4.69, 9.17) is 29.4 Å². The molecule has 0 spiro atoms. The van der Waals surface area contributed by atoms with Crippen LogP contribution < -0.4 is 5.73 Å². The molecule has 2 unspecified atom stereocenters. The highest BCUT2D eigenvalue weighted by Crippen LogP contribution is 2.22. The summed E-state index contributed by atoms with van der Waals surface area (Å²) < 4.78 is 28.4. The fraction of sp³-hybridized carbons (Fsp3) is 1.00. The molecule has 0 fully saturated rings. The van der Waals surface area contributed by atoms with E-state index in [2.05, 4.69) is 0 Å². The molecule has 0 aromatic heterocycles. The van der Waals surface area contributed by atoms with E-state index in [1.54, 1.807) is 0 Å².